The van der Waals surface area contributed by atoms with E-state index in [0.29, 0.717) is 12.2 Å². The van der Waals surface area contributed by atoms with E-state index in [2.05, 4.69) is 5.32 Å². The van der Waals surface area contributed by atoms with Gasteiger partial charge in [-0.05, 0) is 24.6 Å². The number of aliphatic hydroxyl groups excluding tert-OH is 1. The zero-order chi connectivity index (χ0) is 12.1. The second-order valence-corrected chi connectivity index (χ2v) is 4.14. The van der Waals surface area contributed by atoms with E-state index in [9.17, 15) is 4.39 Å². The van der Waals surface area contributed by atoms with Crippen LogP contribution in [-0.2, 0) is 6.54 Å². The Bertz CT molecular complexity index is 342. The molecular weight excluding hydrogens is 207 g/mol. The quantitative estimate of drug-likeness (QED) is 0.796. The lowest BCUT2D eigenvalue weighted by Gasteiger charge is -2.15. The zero-order valence-corrected chi connectivity index (χ0v) is 10.00. The third kappa shape index (κ3) is 3.47. The normalized spacial score (nSPS) is 12.6. The van der Waals surface area contributed by atoms with Gasteiger partial charge in [0.1, 0.15) is 5.82 Å². The monoisotopic (exact) mass is 226 g/mol. The lowest BCUT2D eigenvalue weighted by Crippen LogP contribution is -2.28. The van der Waals surface area contributed by atoms with E-state index in [1.54, 1.807) is 11.0 Å². The summed E-state index contributed by atoms with van der Waals surface area (Å²) in [5.74, 6) is -0.221. The molecule has 1 aromatic rings. The standard InChI is InChI=1S/C12H19FN2O/c1-9(8-16)14-7-10-4-5-12(15(2)3)11(13)6-10/h4-6,9,14,16H,7-8H2,1-3H3. The molecule has 3 nitrogen and oxygen atoms in total. The van der Waals surface area contributed by atoms with Crippen molar-refractivity contribution in [2.24, 2.45) is 0 Å². The summed E-state index contributed by atoms with van der Waals surface area (Å²) >= 11 is 0. The molecular formula is C12H19FN2O. The Morgan fingerprint density at radius 3 is 2.62 bits per heavy atom. The molecule has 0 aliphatic carbocycles. The van der Waals surface area contributed by atoms with Gasteiger partial charge >= 0.3 is 0 Å². The molecule has 90 valence electrons. The van der Waals surface area contributed by atoms with Crippen molar-refractivity contribution in [3.63, 3.8) is 0 Å². The first-order valence-corrected chi connectivity index (χ1v) is 5.34. The van der Waals surface area contributed by atoms with Crippen LogP contribution in [0, 0.1) is 5.82 Å². The molecule has 0 bridgehead atoms. The van der Waals surface area contributed by atoms with Crippen molar-refractivity contribution in [1.29, 1.82) is 0 Å². The van der Waals surface area contributed by atoms with Crippen molar-refractivity contribution < 1.29 is 9.50 Å². The summed E-state index contributed by atoms with van der Waals surface area (Å²) in [7, 11) is 3.62. The third-order valence-corrected chi connectivity index (χ3v) is 2.42. The smallest absolute Gasteiger partial charge is 0.146 e. The molecule has 0 saturated carbocycles. The van der Waals surface area contributed by atoms with Gasteiger partial charge < -0.3 is 15.3 Å². The van der Waals surface area contributed by atoms with Gasteiger partial charge in [-0.3, -0.25) is 0 Å². The Hall–Kier alpha value is -1.13. The average molecular weight is 226 g/mol. The van der Waals surface area contributed by atoms with E-state index >= 15 is 0 Å². The highest BCUT2D eigenvalue weighted by Crippen LogP contribution is 2.18. The summed E-state index contributed by atoms with van der Waals surface area (Å²) in [6, 6.07) is 5.19. The molecule has 2 N–H and O–H groups in total. The lowest BCUT2D eigenvalue weighted by molar-refractivity contribution is 0.251. The van der Waals surface area contributed by atoms with Crippen molar-refractivity contribution >= 4 is 5.69 Å². The van der Waals surface area contributed by atoms with Crippen LogP contribution in [0.5, 0.6) is 0 Å². The summed E-state index contributed by atoms with van der Waals surface area (Å²) in [5, 5.41) is 11.9. The molecule has 1 rings (SSSR count). The van der Waals surface area contributed by atoms with Crippen LogP contribution < -0.4 is 10.2 Å². The highest BCUT2D eigenvalue weighted by molar-refractivity contribution is 5.47. The number of hydrogen-bond donors (Lipinski definition) is 2. The zero-order valence-electron chi connectivity index (χ0n) is 10.00. The molecule has 0 aliphatic heterocycles. The first-order valence-electron chi connectivity index (χ1n) is 5.34. The van der Waals surface area contributed by atoms with Crippen LogP contribution in [0.4, 0.5) is 10.1 Å². The highest BCUT2D eigenvalue weighted by Gasteiger charge is 2.06. The topological polar surface area (TPSA) is 35.5 Å². The van der Waals surface area contributed by atoms with Gasteiger partial charge in [-0.15, -0.1) is 0 Å². The van der Waals surface area contributed by atoms with Crippen LogP contribution in [0.15, 0.2) is 18.2 Å². The minimum Gasteiger partial charge on any atom is -0.395 e. The molecule has 4 heteroatoms. The minimum atomic E-state index is -0.221. The Labute approximate surface area is 95.9 Å². The van der Waals surface area contributed by atoms with Gasteiger partial charge in [0.05, 0.1) is 12.3 Å². The van der Waals surface area contributed by atoms with Crippen LogP contribution in [0.3, 0.4) is 0 Å². The van der Waals surface area contributed by atoms with Gasteiger partial charge in [0.15, 0.2) is 0 Å². The largest absolute Gasteiger partial charge is 0.395 e. The number of aliphatic hydroxyl groups is 1. The molecule has 0 aliphatic rings. The maximum absolute atomic E-state index is 13.6. The van der Waals surface area contributed by atoms with Gasteiger partial charge in [0, 0.05) is 26.7 Å². The molecule has 0 radical (unpaired) electrons. The van der Waals surface area contributed by atoms with Crippen LogP contribution in [0.1, 0.15) is 12.5 Å². The summed E-state index contributed by atoms with van der Waals surface area (Å²) in [6.07, 6.45) is 0. The van der Waals surface area contributed by atoms with E-state index in [0.717, 1.165) is 5.56 Å². The van der Waals surface area contributed by atoms with Crippen molar-refractivity contribution in [1.82, 2.24) is 5.32 Å². The van der Waals surface area contributed by atoms with E-state index in [1.165, 1.54) is 6.07 Å². The summed E-state index contributed by atoms with van der Waals surface area (Å²) in [6.45, 7) is 2.52. The first-order chi connectivity index (χ1) is 7.54. The van der Waals surface area contributed by atoms with E-state index in [-0.39, 0.29) is 18.5 Å². The second kappa shape index (κ2) is 5.82. The fourth-order valence-corrected chi connectivity index (χ4v) is 1.38. The highest BCUT2D eigenvalue weighted by atomic mass is 19.1. The maximum atomic E-state index is 13.6. The lowest BCUT2D eigenvalue weighted by atomic mass is 10.2. The molecule has 0 fully saturated rings. The summed E-state index contributed by atoms with van der Waals surface area (Å²) in [4.78, 5) is 1.74. The number of nitrogens with zero attached hydrogens (tertiary/aromatic N) is 1. The molecule has 0 saturated heterocycles. The molecule has 16 heavy (non-hydrogen) atoms. The molecule has 1 aromatic carbocycles. The fourth-order valence-electron chi connectivity index (χ4n) is 1.38. The molecule has 1 unspecified atom stereocenters. The Morgan fingerprint density at radius 1 is 1.44 bits per heavy atom. The molecule has 1 atom stereocenters. The van der Waals surface area contributed by atoms with Gasteiger partial charge in [-0.2, -0.15) is 0 Å². The van der Waals surface area contributed by atoms with Crippen LogP contribution >= 0.6 is 0 Å². The van der Waals surface area contributed by atoms with Crippen LogP contribution in [-0.4, -0.2) is 31.9 Å². The van der Waals surface area contributed by atoms with Gasteiger partial charge in [0.2, 0.25) is 0 Å². The Kier molecular flexibility index (Phi) is 4.71. The first kappa shape index (κ1) is 12.9. The second-order valence-electron chi connectivity index (χ2n) is 4.14. The van der Waals surface area contributed by atoms with Crippen molar-refractivity contribution in [2.45, 2.75) is 19.5 Å². The molecule has 0 heterocycles. The van der Waals surface area contributed by atoms with Crippen LogP contribution in [0.25, 0.3) is 0 Å². The van der Waals surface area contributed by atoms with Crippen molar-refractivity contribution in [2.75, 3.05) is 25.6 Å². The number of anilines is 1. The number of halogens is 1. The van der Waals surface area contributed by atoms with Gasteiger partial charge in [-0.25, -0.2) is 4.39 Å². The van der Waals surface area contributed by atoms with Crippen molar-refractivity contribution in [3.05, 3.63) is 29.6 Å². The number of nitrogens with one attached hydrogen (secondary N) is 1. The summed E-state index contributed by atoms with van der Waals surface area (Å²) < 4.78 is 13.6. The summed E-state index contributed by atoms with van der Waals surface area (Å²) in [5.41, 5.74) is 1.46. The average Bonchev–Trinajstić information content (AvgIpc) is 2.25. The fraction of sp³-hybridized carbons (Fsp3) is 0.500. The predicted octanol–water partition coefficient (Wildman–Crippen LogP) is 1.36. The molecule has 0 spiro atoms. The number of hydrogen-bond acceptors (Lipinski definition) is 3. The predicted molar refractivity (Wildman–Crippen MR) is 64.1 cm³/mol. The van der Waals surface area contributed by atoms with Gasteiger partial charge in [0.25, 0.3) is 0 Å². The van der Waals surface area contributed by atoms with Crippen LogP contribution in [0.2, 0.25) is 0 Å². The molecule has 0 aromatic heterocycles. The maximum Gasteiger partial charge on any atom is 0.146 e. The van der Waals surface area contributed by atoms with E-state index < -0.39 is 0 Å². The van der Waals surface area contributed by atoms with E-state index in [1.807, 2.05) is 27.1 Å². The van der Waals surface area contributed by atoms with Crippen molar-refractivity contribution in [3.8, 4) is 0 Å². The number of rotatable bonds is 5. The van der Waals surface area contributed by atoms with E-state index in [4.69, 9.17) is 5.11 Å². The Balaban J connectivity index is 2.66. The SMILES string of the molecule is CC(CO)NCc1ccc(N(C)C)c(F)c1. The molecule has 0 amide bonds. The number of benzene rings is 1. The van der Waals surface area contributed by atoms with Gasteiger partial charge in [-0.1, -0.05) is 6.07 Å². The Morgan fingerprint density at radius 2 is 2.12 bits per heavy atom. The minimum absolute atomic E-state index is 0.0246. The third-order valence-electron chi connectivity index (χ3n) is 2.42.